The zero-order valence-electron chi connectivity index (χ0n) is 11.7. The van der Waals surface area contributed by atoms with Crippen LogP contribution >= 0.6 is 0 Å². The van der Waals surface area contributed by atoms with Gasteiger partial charge in [-0.15, -0.1) is 0 Å². The summed E-state index contributed by atoms with van der Waals surface area (Å²) >= 11 is 0. The number of nitrogens with zero attached hydrogens (tertiary/aromatic N) is 1. The number of nitrogens with one attached hydrogen (secondary N) is 1. The van der Waals surface area contributed by atoms with Crippen molar-refractivity contribution >= 4 is 21.4 Å². The van der Waals surface area contributed by atoms with E-state index < -0.39 is 21.5 Å². The Morgan fingerprint density at radius 3 is 2.67 bits per heavy atom. The minimum absolute atomic E-state index is 0.387. The second-order valence-electron chi connectivity index (χ2n) is 5.31. The van der Waals surface area contributed by atoms with Crippen LogP contribution in [0.1, 0.15) is 37.7 Å². The maximum Gasteiger partial charge on any atom is 0.239 e. The Balaban J connectivity index is 1.99. The van der Waals surface area contributed by atoms with Crippen LogP contribution < -0.4 is 5.32 Å². The molecule has 5 nitrogen and oxygen atoms in total. The smallest absolute Gasteiger partial charge is 0.239 e. The molecule has 6 heteroatoms. The van der Waals surface area contributed by atoms with Crippen molar-refractivity contribution in [2.24, 2.45) is 0 Å². The summed E-state index contributed by atoms with van der Waals surface area (Å²) in [5.41, 5.74) is 0.862. The number of anilines is 1. The lowest BCUT2D eigenvalue weighted by Gasteiger charge is -2.21. The van der Waals surface area contributed by atoms with Crippen LogP contribution in [0.2, 0.25) is 0 Å². The SMILES string of the molecule is N#Cc1cccc(NC(=O)CS(=O)(=O)C2CCCCC2)c1. The number of sulfone groups is 1. The Hall–Kier alpha value is -1.87. The van der Waals surface area contributed by atoms with Crippen molar-refractivity contribution in [3.8, 4) is 6.07 Å². The van der Waals surface area contributed by atoms with Crippen LogP contribution in [0.4, 0.5) is 5.69 Å². The Morgan fingerprint density at radius 1 is 1.29 bits per heavy atom. The summed E-state index contributed by atoms with van der Waals surface area (Å²) in [6, 6.07) is 8.38. The highest BCUT2D eigenvalue weighted by Crippen LogP contribution is 2.24. The minimum Gasteiger partial charge on any atom is -0.325 e. The fraction of sp³-hybridized carbons (Fsp3) is 0.467. The molecule has 2 rings (SSSR count). The number of benzene rings is 1. The van der Waals surface area contributed by atoms with Crippen LogP contribution in [0, 0.1) is 11.3 Å². The third-order valence-electron chi connectivity index (χ3n) is 3.67. The maximum atomic E-state index is 12.2. The van der Waals surface area contributed by atoms with Gasteiger partial charge in [0.1, 0.15) is 5.75 Å². The highest BCUT2D eigenvalue weighted by molar-refractivity contribution is 7.92. The van der Waals surface area contributed by atoms with E-state index >= 15 is 0 Å². The Labute approximate surface area is 124 Å². The van der Waals surface area contributed by atoms with Gasteiger partial charge < -0.3 is 5.32 Å². The number of rotatable bonds is 4. The Kier molecular flexibility index (Phi) is 4.97. The predicted molar refractivity (Wildman–Crippen MR) is 80.4 cm³/mol. The summed E-state index contributed by atoms with van der Waals surface area (Å²) in [5, 5.41) is 11.0. The normalized spacial score (nSPS) is 16.1. The van der Waals surface area contributed by atoms with E-state index in [0.29, 0.717) is 24.1 Å². The van der Waals surface area contributed by atoms with Crippen LogP contribution in [0.15, 0.2) is 24.3 Å². The zero-order chi connectivity index (χ0) is 15.3. The Bertz CT molecular complexity index is 656. The van der Waals surface area contributed by atoms with Gasteiger partial charge in [0.2, 0.25) is 5.91 Å². The van der Waals surface area contributed by atoms with Gasteiger partial charge in [0.05, 0.1) is 16.9 Å². The average Bonchev–Trinajstić information content (AvgIpc) is 2.47. The fourth-order valence-corrected chi connectivity index (χ4v) is 4.31. The van der Waals surface area contributed by atoms with Gasteiger partial charge in [-0.3, -0.25) is 4.79 Å². The molecular weight excluding hydrogens is 288 g/mol. The van der Waals surface area contributed by atoms with Crippen LogP contribution in [-0.2, 0) is 14.6 Å². The second kappa shape index (κ2) is 6.72. The molecule has 112 valence electrons. The van der Waals surface area contributed by atoms with E-state index in [1.807, 2.05) is 6.07 Å². The summed E-state index contributed by atoms with van der Waals surface area (Å²) in [6.45, 7) is 0. The first-order valence-corrected chi connectivity index (χ1v) is 8.74. The number of amides is 1. The predicted octanol–water partition coefficient (Wildman–Crippen LogP) is 2.24. The first kappa shape index (κ1) is 15.5. The largest absolute Gasteiger partial charge is 0.325 e. The number of nitriles is 1. The molecule has 0 radical (unpaired) electrons. The number of hydrogen-bond donors (Lipinski definition) is 1. The topological polar surface area (TPSA) is 87.0 Å². The highest BCUT2D eigenvalue weighted by atomic mass is 32.2. The van der Waals surface area contributed by atoms with Gasteiger partial charge in [0, 0.05) is 5.69 Å². The maximum absolute atomic E-state index is 12.2. The molecule has 1 aliphatic rings. The van der Waals surface area contributed by atoms with Crippen LogP contribution in [0.5, 0.6) is 0 Å². The van der Waals surface area contributed by atoms with Crippen molar-refractivity contribution in [3.63, 3.8) is 0 Å². The van der Waals surface area contributed by atoms with Crippen LogP contribution in [-0.4, -0.2) is 25.3 Å². The van der Waals surface area contributed by atoms with Crippen molar-refractivity contribution in [3.05, 3.63) is 29.8 Å². The molecule has 1 N–H and O–H groups in total. The first-order chi connectivity index (χ1) is 10.0. The van der Waals surface area contributed by atoms with Gasteiger partial charge >= 0.3 is 0 Å². The molecule has 0 atom stereocenters. The third-order valence-corrected chi connectivity index (χ3v) is 5.82. The first-order valence-electron chi connectivity index (χ1n) is 7.03. The van der Waals surface area contributed by atoms with Crippen molar-refractivity contribution in [1.29, 1.82) is 5.26 Å². The summed E-state index contributed by atoms with van der Waals surface area (Å²) in [7, 11) is -3.40. The fourth-order valence-electron chi connectivity index (χ4n) is 2.59. The van der Waals surface area contributed by atoms with Crippen molar-refractivity contribution < 1.29 is 13.2 Å². The second-order valence-corrected chi connectivity index (χ2v) is 7.59. The third kappa shape index (κ3) is 4.30. The molecule has 1 saturated carbocycles. The highest BCUT2D eigenvalue weighted by Gasteiger charge is 2.29. The quantitative estimate of drug-likeness (QED) is 0.924. The molecule has 1 aromatic rings. The van der Waals surface area contributed by atoms with E-state index in [-0.39, 0.29) is 5.25 Å². The number of hydrogen-bond acceptors (Lipinski definition) is 4. The van der Waals surface area contributed by atoms with E-state index in [1.165, 1.54) is 6.07 Å². The Morgan fingerprint density at radius 2 is 2.00 bits per heavy atom. The summed E-state index contributed by atoms with van der Waals surface area (Å²) in [4.78, 5) is 11.9. The zero-order valence-corrected chi connectivity index (χ0v) is 12.5. The molecule has 21 heavy (non-hydrogen) atoms. The monoisotopic (exact) mass is 306 g/mol. The van der Waals surface area contributed by atoms with Crippen molar-refractivity contribution in [2.45, 2.75) is 37.4 Å². The van der Waals surface area contributed by atoms with Gasteiger partial charge in [-0.2, -0.15) is 5.26 Å². The molecule has 1 aliphatic carbocycles. The average molecular weight is 306 g/mol. The van der Waals surface area contributed by atoms with Crippen molar-refractivity contribution in [2.75, 3.05) is 11.1 Å². The molecule has 0 unspecified atom stereocenters. The van der Waals surface area contributed by atoms with Gasteiger partial charge in [-0.05, 0) is 31.0 Å². The molecule has 1 fully saturated rings. The number of carbonyl (C=O) groups is 1. The minimum atomic E-state index is -3.40. The van der Waals surface area contributed by atoms with E-state index in [0.717, 1.165) is 19.3 Å². The van der Waals surface area contributed by atoms with Crippen LogP contribution in [0.25, 0.3) is 0 Å². The molecule has 0 spiro atoms. The van der Waals surface area contributed by atoms with E-state index in [9.17, 15) is 13.2 Å². The van der Waals surface area contributed by atoms with Gasteiger partial charge in [-0.25, -0.2) is 8.42 Å². The molecule has 0 saturated heterocycles. The van der Waals surface area contributed by atoms with Crippen molar-refractivity contribution in [1.82, 2.24) is 0 Å². The molecule has 0 bridgehead atoms. The molecule has 0 aliphatic heterocycles. The summed E-state index contributed by atoms with van der Waals surface area (Å²) in [5.74, 6) is -1.04. The van der Waals surface area contributed by atoms with Gasteiger partial charge in [0.25, 0.3) is 0 Å². The molecule has 0 aromatic heterocycles. The van der Waals surface area contributed by atoms with Crippen LogP contribution in [0.3, 0.4) is 0 Å². The van der Waals surface area contributed by atoms with Gasteiger partial charge in [0.15, 0.2) is 9.84 Å². The van der Waals surface area contributed by atoms with Gasteiger partial charge in [-0.1, -0.05) is 25.3 Å². The molecular formula is C15H18N2O3S. The molecule has 1 amide bonds. The lowest BCUT2D eigenvalue weighted by atomic mass is 10.0. The summed E-state index contributed by atoms with van der Waals surface area (Å²) < 4.78 is 24.4. The van der Waals surface area contributed by atoms with E-state index in [2.05, 4.69) is 5.32 Å². The standard InChI is InChI=1S/C15H18N2O3S/c16-10-12-5-4-6-13(9-12)17-15(18)11-21(19,20)14-7-2-1-3-8-14/h4-6,9,14H,1-3,7-8,11H2,(H,17,18). The molecule has 1 aromatic carbocycles. The number of carbonyl (C=O) groups excluding carboxylic acids is 1. The van der Waals surface area contributed by atoms with E-state index in [4.69, 9.17) is 5.26 Å². The lowest BCUT2D eigenvalue weighted by molar-refractivity contribution is -0.113. The lowest BCUT2D eigenvalue weighted by Crippen LogP contribution is -2.32. The molecule has 0 heterocycles. The summed E-state index contributed by atoms with van der Waals surface area (Å²) in [6.07, 6.45) is 4.20. The van der Waals surface area contributed by atoms with E-state index in [1.54, 1.807) is 18.2 Å².